The zero-order chi connectivity index (χ0) is 13.1. The number of hydrogen-bond donors (Lipinski definition) is 2. The second-order valence-electron chi connectivity index (χ2n) is 6.27. The first kappa shape index (κ1) is 12.9. The number of aryl methyl sites for hydroxylation is 2. The summed E-state index contributed by atoms with van der Waals surface area (Å²) in [5.41, 5.74) is 9.08. The smallest absolute Gasteiger partial charge is 0.126 e. The average molecular weight is 259 g/mol. The largest absolute Gasteiger partial charge is 0.369 e. The van der Waals surface area contributed by atoms with Crippen molar-refractivity contribution < 1.29 is 0 Å². The fourth-order valence-electron chi connectivity index (χ4n) is 3.55. The summed E-state index contributed by atoms with van der Waals surface area (Å²) in [6.45, 7) is 1.78. The van der Waals surface area contributed by atoms with E-state index in [9.17, 15) is 0 Å². The van der Waals surface area contributed by atoms with Gasteiger partial charge in [-0.05, 0) is 55.7 Å². The first-order valence-electron chi connectivity index (χ1n) is 7.74. The van der Waals surface area contributed by atoms with Crippen LogP contribution in [-0.4, -0.2) is 18.1 Å². The Hall–Kier alpha value is -1.09. The maximum atomic E-state index is 6.03. The molecule has 3 rings (SSSR count). The molecule has 0 bridgehead atoms. The molecule has 0 amide bonds. The highest BCUT2D eigenvalue weighted by Crippen LogP contribution is 2.35. The van der Waals surface area contributed by atoms with Gasteiger partial charge in [0.2, 0.25) is 0 Å². The number of aromatic nitrogens is 1. The lowest BCUT2D eigenvalue weighted by molar-refractivity contribution is 0.215. The molecular formula is C16H25N3. The third kappa shape index (κ3) is 2.76. The molecule has 3 heteroatoms. The molecule has 1 aromatic rings. The van der Waals surface area contributed by atoms with Crippen molar-refractivity contribution in [3.63, 3.8) is 0 Å². The fraction of sp³-hybridized carbons (Fsp3) is 0.688. The molecule has 0 spiro atoms. The Labute approximate surface area is 116 Å². The summed E-state index contributed by atoms with van der Waals surface area (Å²) < 4.78 is 0. The van der Waals surface area contributed by atoms with Crippen LogP contribution in [0.4, 0.5) is 5.82 Å². The minimum Gasteiger partial charge on any atom is -0.369 e. The Balaban J connectivity index is 1.65. The monoisotopic (exact) mass is 259 g/mol. The van der Waals surface area contributed by atoms with E-state index >= 15 is 0 Å². The van der Waals surface area contributed by atoms with Gasteiger partial charge in [-0.2, -0.15) is 0 Å². The Bertz CT molecular complexity index is 436. The van der Waals surface area contributed by atoms with Gasteiger partial charge in [-0.25, -0.2) is 4.98 Å². The number of pyridine rings is 1. The lowest BCUT2D eigenvalue weighted by Gasteiger charge is -2.36. The van der Waals surface area contributed by atoms with Gasteiger partial charge in [0.1, 0.15) is 5.82 Å². The highest BCUT2D eigenvalue weighted by atomic mass is 15.0. The molecule has 1 fully saturated rings. The molecule has 2 aliphatic rings. The highest BCUT2D eigenvalue weighted by Gasteiger charge is 2.30. The molecule has 1 heterocycles. The molecule has 2 aliphatic carbocycles. The normalized spacial score (nSPS) is 21.1. The minimum atomic E-state index is 0.305. The number of hydrogen-bond acceptors (Lipinski definition) is 3. The van der Waals surface area contributed by atoms with Gasteiger partial charge in [-0.1, -0.05) is 25.3 Å². The van der Waals surface area contributed by atoms with Crippen LogP contribution in [0.2, 0.25) is 0 Å². The van der Waals surface area contributed by atoms with Crippen LogP contribution in [0.15, 0.2) is 12.1 Å². The predicted molar refractivity (Wildman–Crippen MR) is 79.3 cm³/mol. The molecule has 0 aromatic carbocycles. The van der Waals surface area contributed by atoms with Crippen molar-refractivity contribution in [2.45, 2.75) is 51.4 Å². The van der Waals surface area contributed by atoms with Crippen LogP contribution in [0.1, 0.15) is 49.8 Å². The van der Waals surface area contributed by atoms with Gasteiger partial charge in [0, 0.05) is 12.2 Å². The number of nitrogens with two attached hydrogens (primary N) is 1. The van der Waals surface area contributed by atoms with E-state index in [2.05, 4.69) is 17.4 Å². The lowest BCUT2D eigenvalue weighted by atomic mass is 9.74. The van der Waals surface area contributed by atoms with Crippen molar-refractivity contribution >= 4 is 5.82 Å². The Morgan fingerprint density at radius 3 is 2.74 bits per heavy atom. The van der Waals surface area contributed by atoms with E-state index in [1.54, 1.807) is 0 Å². The molecule has 0 radical (unpaired) electrons. The number of nitrogens with zero attached hydrogens (tertiary/aromatic N) is 1. The third-order valence-corrected chi connectivity index (χ3v) is 4.92. The zero-order valence-electron chi connectivity index (χ0n) is 11.8. The van der Waals surface area contributed by atoms with Crippen LogP contribution in [0, 0.1) is 5.41 Å². The standard InChI is InChI=1S/C16H25N3/c17-11-16(9-2-1-3-10-16)12-18-15-8-7-13-5-4-6-14(13)19-15/h7-8H,1-6,9-12,17H2,(H,18,19). The Kier molecular flexibility index (Phi) is 3.74. The van der Waals surface area contributed by atoms with E-state index in [0.717, 1.165) is 25.3 Å². The molecule has 3 nitrogen and oxygen atoms in total. The van der Waals surface area contributed by atoms with Gasteiger partial charge >= 0.3 is 0 Å². The van der Waals surface area contributed by atoms with E-state index in [1.165, 1.54) is 56.2 Å². The van der Waals surface area contributed by atoms with E-state index in [-0.39, 0.29) is 0 Å². The summed E-state index contributed by atoms with van der Waals surface area (Å²) in [7, 11) is 0. The van der Waals surface area contributed by atoms with Gasteiger partial charge in [0.05, 0.1) is 0 Å². The molecule has 3 N–H and O–H groups in total. The first-order valence-corrected chi connectivity index (χ1v) is 7.74. The van der Waals surface area contributed by atoms with E-state index in [0.29, 0.717) is 5.41 Å². The van der Waals surface area contributed by atoms with Crippen LogP contribution in [0.25, 0.3) is 0 Å². The van der Waals surface area contributed by atoms with Crippen molar-refractivity contribution in [1.29, 1.82) is 0 Å². The lowest BCUT2D eigenvalue weighted by Crippen LogP contribution is -2.39. The van der Waals surface area contributed by atoms with E-state index < -0.39 is 0 Å². The first-order chi connectivity index (χ1) is 9.31. The summed E-state index contributed by atoms with van der Waals surface area (Å²) in [6.07, 6.45) is 10.2. The quantitative estimate of drug-likeness (QED) is 0.874. The summed E-state index contributed by atoms with van der Waals surface area (Å²) in [6, 6.07) is 4.38. The van der Waals surface area contributed by atoms with Gasteiger partial charge in [-0.15, -0.1) is 0 Å². The van der Waals surface area contributed by atoms with Gasteiger partial charge in [0.25, 0.3) is 0 Å². The molecule has 19 heavy (non-hydrogen) atoms. The summed E-state index contributed by atoms with van der Waals surface area (Å²) >= 11 is 0. The van der Waals surface area contributed by atoms with Crippen molar-refractivity contribution in [3.05, 3.63) is 23.4 Å². The van der Waals surface area contributed by atoms with E-state index in [1.807, 2.05) is 0 Å². The summed E-state index contributed by atoms with van der Waals surface area (Å²) in [5.74, 6) is 1.04. The number of rotatable bonds is 4. The second kappa shape index (κ2) is 5.49. The molecule has 1 aromatic heterocycles. The molecule has 0 aliphatic heterocycles. The molecule has 0 unspecified atom stereocenters. The van der Waals surface area contributed by atoms with Crippen LogP contribution < -0.4 is 11.1 Å². The summed E-state index contributed by atoms with van der Waals surface area (Å²) in [4.78, 5) is 4.75. The molecule has 0 atom stereocenters. The highest BCUT2D eigenvalue weighted by molar-refractivity contribution is 5.40. The fourth-order valence-corrected chi connectivity index (χ4v) is 3.55. The van der Waals surface area contributed by atoms with Crippen LogP contribution in [0.3, 0.4) is 0 Å². The molecule has 0 saturated heterocycles. The SMILES string of the molecule is NCC1(CNc2ccc3c(n2)CCC3)CCCCC1. The average Bonchev–Trinajstić information content (AvgIpc) is 2.93. The minimum absolute atomic E-state index is 0.305. The van der Waals surface area contributed by atoms with Crippen molar-refractivity contribution in [2.24, 2.45) is 11.1 Å². The number of nitrogens with one attached hydrogen (secondary N) is 1. The Morgan fingerprint density at radius 1 is 1.11 bits per heavy atom. The molecule has 104 valence electrons. The predicted octanol–water partition coefficient (Wildman–Crippen LogP) is 2.89. The third-order valence-electron chi connectivity index (χ3n) is 4.92. The maximum Gasteiger partial charge on any atom is 0.126 e. The van der Waals surface area contributed by atoms with Crippen LogP contribution in [0.5, 0.6) is 0 Å². The topological polar surface area (TPSA) is 50.9 Å². The molecular weight excluding hydrogens is 234 g/mol. The Morgan fingerprint density at radius 2 is 1.95 bits per heavy atom. The molecule has 1 saturated carbocycles. The van der Waals surface area contributed by atoms with Crippen LogP contribution >= 0.6 is 0 Å². The van der Waals surface area contributed by atoms with Crippen molar-refractivity contribution in [2.75, 3.05) is 18.4 Å². The number of anilines is 1. The zero-order valence-corrected chi connectivity index (χ0v) is 11.8. The number of fused-ring (bicyclic) bond motifs is 1. The van der Waals surface area contributed by atoms with Crippen molar-refractivity contribution in [1.82, 2.24) is 4.98 Å². The second-order valence-corrected chi connectivity index (χ2v) is 6.27. The van der Waals surface area contributed by atoms with Gasteiger partial charge < -0.3 is 11.1 Å². The van der Waals surface area contributed by atoms with E-state index in [4.69, 9.17) is 10.7 Å². The van der Waals surface area contributed by atoms with Gasteiger partial charge in [0.15, 0.2) is 0 Å². The van der Waals surface area contributed by atoms with Gasteiger partial charge in [-0.3, -0.25) is 0 Å². The summed E-state index contributed by atoms with van der Waals surface area (Å²) in [5, 5.41) is 3.54. The van der Waals surface area contributed by atoms with Crippen LogP contribution in [-0.2, 0) is 12.8 Å². The van der Waals surface area contributed by atoms with Crippen molar-refractivity contribution in [3.8, 4) is 0 Å². The maximum absolute atomic E-state index is 6.03.